The zero-order chi connectivity index (χ0) is 11.8. The maximum atomic E-state index is 6.04. The second-order valence-corrected chi connectivity index (χ2v) is 6.46. The highest BCUT2D eigenvalue weighted by Crippen LogP contribution is 2.32. The molecule has 1 fully saturated rings. The maximum absolute atomic E-state index is 6.04. The van der Waals surface area contributed by atoms with Gasteiger partial charge in [0.05, 0.1) is 12.6 Å². The third kappa shape index (κ3) is 2.50. The molecule has 0 aromatic heterocycles. The van der Waals surface area contributed by atoms with Crippen LogP contribution in [0.25, 0.3) is 0 Å². The summed E-state index contributed by atoms with van der Waals surface area (Å²) in [7, 11) is 0. The lowest BCUT2D eigenvalue weighted by atomic mass is 9.87. The van der Waals surface area contributed by atoms with Gasteiger partial charge in [0, 0.05) is 6.04 Å². The van der Waals surface area contributed by atoms with Gasteiger partial charge in [-0.2, -0.15) is 0 Å². The molecule has 2 rings (SSSR count). The first-order chi connectivity index (χ1) is 7.47. The number of hydrogen-bond donors (Lipinski definition) is 1. The molecule has 1 aliphatic heterocycles. The lowest BCUT2D eigenvalue weighted by molar-refractivity contribution is 0.198. The number of rotatable bonds is 2. The van der Waals surface area contributed by atoms with Crippen LogP contribution in [0.3, 0.4) is 0 Å². The van der Waals surface area contributed by atoms with Crippen LogP contribution < -0.4 is 5.73 Å². The van der Waals surface area contributed by atoms with Crippen molar-refractivity contribution in [2.24, 2.45) is 16.1 Å². The fourth-order valence-corrected chi connectivity index (χ4v) is 3.09. The molecule has 16 heavy (non-hydrogen) atoms. The van der Waals surface area contributed by atoms with E-state index in [0.717, 1.165) is 12.5 Å². The van der Waals surface area contributed by atoms with E-state index in [-0.39, 0.29) is 0 Å². The summed E-state index contributed by atoms with van der Waals surface area (Å²) < 4.78 is 0. The van der Waals surface area contributed by atoms with Crippen LogP contribution in [0.1, 0.15) is 52.9 Å². The first-order valence-electron chi connectivity index (χ1n) is 6.56. The largest absolute Gasteiger partial charge is 0.370 e. The highest BCUT2D eigenvalue weighted by Gasteiger charge is 2.35. The molecule has 1 saturated carbocycles. The summed E-state index contributed by atoms with van der Waals surface area (Å²) >= 11 is 0. The molecule has 0 amide bonds. The standard InChI is InChI=1S/C13H25N3/c1-13(2,3)8-11-9-15-12(14)16(11)10-6-4-5-7-10/h10-11H,4-9H2,1-3H3,(H2,14,15). The van der Waals surface area contributed by atoms with E-state index in [1.807, 2.05) is 0 Å². The summed E-state index contributed by atoms with van der Waals surface area (Å²) in [5.41, 5.74) is 6.41. The van der Waals surface area contributed by atoms with E-state index < -0.39 is 0 Å². The number of nitrogens with zero attached hydrogens (tertiary/aromatic N) is 2. The average molecular weight is 223 g/mol. The number of hydrogen-bond acceptors (Lipinski definition) is 3. The van der Waals surface area contributed by atoms with Crippen molar-refractivity contribution < 1.29 is 0 Å². The van der Waals surface area contributed by atoms with E-state index in [1.54, 1.807) is 0 Å². The molecular formula is C13H25N3. The summed E-state index contributed by atoms with van der Waals surface area (Å²) in [4.78, 5) is 6.86. The molecule has 0 saturated heterocycles. The number of guanidine groups is 1. The van der Waals surface area contributed by atoms with E-state index in [1.165, 1.54) is 32.1 Å². The van der Waals surface area contributed by atoms with Crippen LogP contribution >= 0.6 is 0 Å². The Bertz CT molecular complexity index is 271. The first-order valence-corrected chi connectivity index (χ1v) is 6.56. The smallest absolute Gasteiger partial charge is 0.191 e. The number of aliphatic imine (C=N–C) groups is 1. The Morgan fingerprint density at radius 3 is 2.50 bits per heavy atom. The summed E-state index contributed by atoms with van der Waals surface area (Å²) in [6.07, 6.45) is 6.51. The molecule has 0 aromatic rings. The Morgan fingerprint density at radius 1 is 1.31 bits per heavy atom. The lowest BCUT2D eigenvalue weighted by Crippen LogP contribution is -2.47. The topological polar surface area (TPSA) is 41.6 Å². The molecule has 2 N–H and O–H groups in total. The second kappa shape index (κ2) is 4.27. The van der Waals surface area contributed by atoms with Crippen molar-refractivity contribution >= 4 is 5.96 Å². The molecule has 3 heteroatoms. The van der Waals surface area contributed by atoms with E-state index in [0.29, 0.717) is 17.5 Å². The molecule has 0 bridgehead atoms. The normalized spacial score (nSPS) is 27.6. The van der Waals surface area contributed by atoms with Gasteiger partial charge in [-0.05, 0) is 24.7 Å². The Hall–Kier alpha value is -0.730. The molecule has 1 unspecified atom stereocenters. The molecule has 1 atom stereocenters. The van der Waals surface area contributed by atoms with E-state index in [9.17, 15) is 0 Å². The first kappa shape index (κ1) is 11.7. The van der Waals surface area contributed by atoms with Gasteiger partial charge in [-0.1, -0.05) is 33.6 Å². The third-order valence-electron chi connectivity index (χ3n) is 3.69. The van der Waals surface area contributed by atoms with Crippen molar-refractivity contribution in [2.75, 3.05) is 6.54 Å². The van der Waals surface area contributed by atoms with Gasteiger partial charge in [-0.25, -0.2) is 0 Å². The highest BCUT2D eigenvalue weighted by molar-refractivity contribution is 5.80. The molecule has 0 radical (unpaired) electrons. The van der Waals surface area contributed by atoms with Crippen LogP contribution in [-0.4, -0.2) is 29.5 Å². The van der Waals surface area contributed by atoms with Crippen LogP contribution in [0.15, 0.2) is 4.99 Å². The minimum absolute atomic E-state index is 0.363. The number of nitrogens with two attached hydrogens (primary N) is 1. The predicted molar refractivity (Wildman–Crippen MR) is 68.4 cm³/mol. The quantitative estimate of drug-likeness (QED) is 0.781. The van der Waals surface area contributed by atoms with Crippen LogP contribution in [0.2, 0.25) is 0 Å². The Balaban J connectivity index is 2.03. The minimum Gasteiger partial charge on any atom is -0.370 e. The Labute approximate surface area is 99.1 Å². The van der Waals surface area contributed by atoms with E-state index in [4.69, 9.17) is 5.73 Å². The molecular weight excluding hydrogens is 198 g/mol. The summed E-state index contributed by atoms with van der Waals surface area (Å²) in [5, 5.41) is 0. The summed E-state index contributed by atoms with van der Waals surface area (Å²) in [5.74, 6) is 0.793. The Morgan fingerprint density at radius 2 is 1.94 bits per heavy atom. The van der Waals surface area contributed by atoms with Gasteiger partial charge in [0.25, 0.3) is 0 Å². The monoisotopic (exact) mass is 223 g/mol. The van der Waals surface area contributed by atoms with Gasteiger partial charge >= 0.3 is 0 Å². The average Bonchev–Trinajstić information content (AvgIpc) is 2.73. The molecule has 92 valence electrons. The zero-order valence-electron chi connectivity index (χ0n) is 10.9. The van der Waals surface area contributed by atoms with Crippen LogP contribution in [-0.2, 0) is 0 Å². The van der Waals surface area contributed by atoms with Gasteiger partial charge in [0.1, 0.15) is 0 Å². The molecule has 3 nitrogen and oxygen atoms in total. The molecule has 0 aromatic carbocycles. The fourth-order valence-electron chi connectivity index (χ4n) is 3.09. The lowest BCUT2D eigenvalue weighted by Gasteiger charge is -2.35. The van der Waals surface area contributed by atoms with Crippen molar-refractivity contribution in [2.45, 2.75) is 65.0 Å². The molecule has 1 heterocycles. The van der Waals surface area contributed by atoms with Crippen LogP contribution in [0.4, 0.5) is 0 Å². The SMILES string of the molecule is CC(C)(C)CC1CN=C(N)N1C1CCCC1. The van der Waals surface area contributed by atoms with Gasteiger partial charge in [-0.15, -0.1) is 0 Å². The Kier molecular flexibility index (Phi) is 3.13. The van der Waals surface area contributed by atoms with Crippen molar-refractivity contribution in [1.82, 2.24) is 4.90 Å². The highest BCUT2D eigenvalue weighted by atomic mass is 15.3. The minimum atomic E-state index is 0.363. The summed E-state index contributed by atoms with van der Waals surface area (Å²) in [6.45, 7) is 7.80. The van der Waals surface area contributed by atoms with Crippen LogP contribution in [0, 0.1) is 5.41 Å². The van der Waals surface area contributed by atoms with Gasteiger partial charge in [0.15, 0.2) is 5.96 Å². The zero-order valence-corrected chi connectivity index (χ0v) is 10.9. The predicted octanol–water partition coefficient (Wildman–Crippen LogP) is 2.36. The third-order valence-corrected chi connectivity index (χ3v) is 3.69. The van der Waals surface area contributed by atoms with Gasteiger partial charge in [0.2, 0.25) is 0 Å². The maximum Gasteiger partial charge on any atom is 0.191 e. The molecule has 0 spiro atoms. The van der Waals surface area contributed by atoms with Gasteiger partial charge in [-0.3, -0.25) is 4.99 Å². The summed E-state index contributed by atoms with van der Waals surface area (Å²) in [6, 6.07) is 1.21. The van der Waals surface area contributed by atoms with Crippen molar-refractivity contribution in [3.63, 3.8) is 0 Å². The van der Waals surface area contributed by atoms with Gasteiger partial charge < -0.3 is 10.6 Å². The fraction of sp³-hybridized carbons (Fsp3) is 0.923. The van der Waals surface area contributed by atoms with Crippen molar-refractivity contribution in [1.29, 1.82) is 0 Å². The second-order valence-electron chi connectivity index (χ2n) is 6.46. The van der Waals surface area contributed by atoms with Crippen molar-refractivity contribution in [3.05, 3.63) is 0 Å². The van der Waals surface area contributed by atoms with Crippen LogP contribution in [0.5, 0.6) is 0 Å². The van der Waals surface area contributed by atoms with E-state index >= 15 is 0 Å². The molecule has 1 aliphatic carbocycles. The van der Waals surface area contributed by atoms with E-state index in [2.05, 4.69) is 30.7 Å². The molecule has 2 aliphatic rings. The van der Waals surface area contributed by atoms with Crippen molar-refractivity contribution in [3.8, 4) is 0 Å².